The van der Waals surface area contributed by atoms with Crippen LogP contribution in [0.15, 0.2) is 295 Å². The van der Waals surface area contributed by atoms with Crippen LogP contribution in [0, 0.1) is 6.57 Å². The van der Waals surface area contributed by atoms with Crippen molar-refractivity contribution in [1.82, 2.24) is 30.7 Å². The molecule has 140 heavy (non-hydrogen) atoms. The van der Waals surface area contributed by atoms with Crippen molar-refractivity contribution < 1.29 is 18.9 Å². The lowest BCUT2D eigenvalue weighted by atomic mass is 9.95. The SMILES string of the molecule is CCN1CCN=C1c1cccc(Cl)c1CCc1cccc2ccccc12.COc1ccc(Br)cc1CCc1sccc1C1=NCCN1.COc1ccc(Br)cc1CCc1sccc1C1=NCCN1.COc1ccc(Br)cc1CCc1sccc1C1=NCCN1C.Clc1cccc(C2=NCCN2)c1CCc1cccc2ccccc12.[C-]#[N+]CN1CCN=C1c1cccc(Cl)c1CCc1cc(Br)ccc1OC. The molecule has 27 heteroatoms. The summed E-state index contributed by atoms with van der Waals surface area (Å²) in [6.45, 7) is 21.3. The third-order valence-electron chi connectivity index (χ3n) is 25.2. The average molecular weight is 2240 g/mol. The van der Waals surface area contributed by atoms with Gasteiger partial charge in [-0.15, -0.1) is 34.0 Å². The molecule has 11 aromatic carbocycles. The van der Waals surface area contributed by atoms with Gasteiger partial charge in [0.1, 0.15) is 58.0 Å². The van der Waals surface area contributed by atoms with Crippen molar-refractivity contribution in [3.63, 3.8) is 0 Å². The van der Waals surface area contributed by atoms with Gasteiger partial charge in [-0.1, -0.05) is 220 Å². The summed E-state index contributed by atoms with van der Waals surface area (Å²) in [4.78, 5) is 41.9. The van der Waals surface area contributed by atoms with Gasteiger partial charge in [0, 0.05) is 134 Å². The predicted molar refractivity (Wildman–Crippen MR) is 603 cm³/mol. The first-order chi connectivity index (χ1) is 68.5. The van der Waals surface area contributed by atoms with Crippen LogP contribution in [0.5, 0.6) is 23.0 Å². The molecule has 0 aliphatic carbocycles. The number of amidine groups is 6. The fourth-order valence-electron chi connectivity index (χ4n) is 18.2. The van der Waals surface area contributed by atoms with Crippen molar-refractivity contribution in [2.24, 2.45) is 30.0 Å². The van der Waals surface area contributed by atoms with Crippen molar-refractivity contribution in [2.75, 3.05) is 127 Å². The number of likely N-dealkylation sites (N-methyl/N-ethyl adjacent to an activating group) is 2. The largest absolute Gasteiger partial charge is 0.496 e. The van der Waals surface area contributed by atoms with E-state index in [-0.39, 0.29) is 0 Å². The number of aryl methyl sites for hydroxylation is 9. The topological polar surface area (TPSA) is 161 Å². The van der Waals surface area contributed by atoms with Crippen LogP contribution in [0.4, 0.5) is 0 Å². The Hall–Kier alpha value is -10.7. The number of fused-ring (bicyclic) bond motifs is 2. The van der Waals surface area contributed by atoms with E-state index in [1.807, 2.05) is 107 Å². The number of benzene rings is 11. The van der Waals surface area contributed by atoms with Gasteiger partial charge in [0.05, 0.1) is 67.7 Å². The van der Waals surface area contributed by atoms with Gasteiger partial charge in [0.15, 0.2) is 0 Å². The molecule has 0 fully saturated rings. The summed E-state index contributed by atoms with van der Waals surface area (Å²) in [7, 11) is 8.97. The number of hydrogen-bond acceptors (Lipinski definition) is 19. The second-order valence-corrected chi connectivity index (χ2v) is 41.7. The van der Waals surface area contributed by atoms with E-state index in [1.165, 1.54) is 97.4 Å². The van der Waals surface area contributed by atoms with E-state index in [9.17, 15) is 0 Å². The molecule has 17 nitrogen and oxygen atoms in total. The Morgan fingerprint density at radius 2 is 0.679 bits per heavy atom. The van der Waals surface area contributed by atoms with Crippen LogP contribution in [0.25, 0.3) is 26.4 Å². The van der Waals surface area contributed by atoms with E-state index < -0.39 is 0 Å². The molecule has 3 aromatic heterocycles. The highest BCUT2D eigenvalue weighted by molar-refractivity contribution is 9.11. The van der Waals surface area contributed by atoms with E-state index >= 15 is 0 Å². The predicted octanol–water partition coefficient (Wildman–Crippen LogP) is 26.1. The van der Waals surface area contributed by atoms with Crippen molar-refractivity contribution in [1.29, 1.82) is 0 Å². The quantitative estimate of drug-likeness (QED) is 0.0370. The minimum atomic E-state index is 0.324. The maximum absolute atomic E-state index is 7.16. The molecule has 6 aliphatic rings. The molecular formula is C113H114Br4Cl3N13O4S3. The second-order valence-electron chi connectivity index (χ2n) is 33.8. The third-order valence-corrected chi connectivity index (χ3v) is 31.2. The van der Waals surface area contributed by atoms with Gasteiger partial charge in [-0.05, 0) is 281 Å². The second kappa shape index (κ2) is 52.4. The number of methoxy groups -OCH3 is 4. The number of aliphatic imine (C=N–C) groups is 6. The lowest BCUT2D eigenvalue weighted by Crippen LogP contribution is -2.29. The molecule has 6 aliphatic heterocycles. The van der Waals surface area contributed by atoms with Crippen LogP contribution in [0.3, 0.4) is 0 Å². The normalized spacial score (nSPS) is 13.9. The summed E-state index contributed by atoms with van der Waals surface area (Å²) in [5, 5.41) is 24.2. The molecule has 9 heterocycles. The molecule has 722 valence electrons. The van der Waals surface area contributed by atoms with Gasteiger partial charge >= 0.3 is 0 Å². The maximum atomic E-state index is 7.16. The molecule has 20 rings (SSSR count). The van der Waals surface area contributed by atoms with E-state index in [4.69, 9.17) is 65.3 Å². The summed E-state index contributed by atoms with van der Waals surface area (Å²) in [5.74, 6) is 9.91. The standard InChI is InChI=1S/C23H23ClN2.C21H19ClN2.C20H19BrClN3O.C17H19BrN2OS.2C16H17BrN2OS/c1-2-26-16-15-25-23(26)21-11-6-12-22(24)20(21)14-13-18-9-5-8-17-7-3-4-10-19(17)18;22-20-10-4-9-19(21-23-13-14-24-21)18(20)12-11-16-7-3-6-15-5-1-2-8-17(15)16;1-23-13-25-11-10-24-20(25)17-4-3-5-18(22)16(17)8-6-14-12-15(21)7-9-19(14)26-2;1-20-9-8-19-17(20)14-7-10-22-16(14)6-3-12-11-13(18)4-5-15(12)21-2;2*1-20-14-4-3-12(17)10-11(14)2-5-15-13(6-9-21-15)16-18-7-8-19-16/h3-12H,2,13-16H2,1H3;1-10H,11-14H2,(H,23,24);3-5,7,9,12H,6,8,10-11,13H2,2H3;4-5,7,10-11H,3,6,8-9H2,1-2H3;2*3-4,6,9-10H,2,5,7-8H2,1H3,(H,18,19). The van der Waals surface area contributed by atoms with Crippen molar-refractivity contribution in [2.45, 2.75) is 84.0 Å². The summed E-state index contributed by atoms with van der Waals surface area (Å²) in [5.41, 5.74) is 18.2. The zero-order chi connectivity index (χ0) is 97.6. The molecule has 0 saturated heterocycles. The Kier molecular flexibility index (Phi) is 38.8. The van der Waals surface area contributed by atoms with Crippen LogP contribution < -0.4 is 34.9 Å². The van der Waals surface area contributed by atoms with Crippen LogP contribution >= 0.6 is 133 Å². The van der Waals surface area contributed by atoms with Crippen molar-refractivity contribution >= 4 is 189 Å². The monoisotopic (exact) mass is 2230 g/mol. The maximum Gasteiger partial charge on any atom is 0.290 e. The fraction of sp³-hybridized carbons (Fsp3) is 0.283. The van der Waals surface area contributed by atoms with Crippen molar-refractivity contribution in [3.05, 3.63) is 389 Å². The first-order valence-electron chi connectivity index (χ1n) is 47.3. The molecule has 0 unspecified atom stereocenters. The molecule has 0 amide bonds. The van der Waals surface area contributed by atoms with Crippen LogP contribution in [-0.4, -0.2) is 177 Å². The number of nitrogens with zero attached hydrogens (tertiary/aromatic N) is 10. The molecule has 0 bridgehead atoms. The number of thiophene rings is 3. The highest BCUT2D eigenvalue weighted by atomic mass is 79.9. The van der Waals surface area contributed by atoms with Gasteiger partial charge in [0.25, 0.3) is 6.67 Å². The van der Waals surface area contributed by atoms with Gasteiger partial charge < -0.3 is 44.7 Å². The lowest BCUT2D eigenvalue weighted by molar-refractivity contribution is 0.409. The summed E-state index contributed by atoms with van der Waals surface area (Å²) < 4.78 is 26.1. The first-order valence-corrected chi connectivity index (χ1v) is 54.2. The zero-order valence-electron chi connectivity index (χ0n) is 79.5. The fourth-order valence-corrected chi connectivity index (χ4v) is 23.3. The Bertz CT molecular complexity index is 6740. The lowest BCUT2D eigenvalue weighted by Gasteiger charge is -2.21. The van der Waals surface area contributed by atoms with Crippen LogP contribution in [0.1, 0.15) is 105 Å². The zero-order valence-corrected chi connectivity index (χ0v) is 90.6. The number of rotatable bonds is 30. The number of halogens is 7. The average Bonchev–Trinajstić information content (AvgIpc) is 1.37. The molecule has 0 atom stereocenters. The number of nitrogens with one attached hydrogen (secondary N) is 3. The Morgan fingerprint density at radius 3 is 1.06 bits per heavy atom. The molecule has 0 radical (unpaired) electrons. The molecule has 0 saturated carbocycles. The van der Waals surface area contributed by atoms with Crippen LogP contribution in [0.2, 0.25) is 15.1 Å². The minimum Gasteiger partial charge on any atom is -0.496 e. The summed E-state index contributed by atoms with van der Waals surface area (Å²) >= 11 is 39.2. The van der Waals surface area contributed by atoms with Gasteiger partial charge in [-0.3, -0.25) is 39.7 Å². The Labute approximate surface area is 883 Å². The first kappa shape index (κ1) is 104. The van der Waals surface area contributed by atoms with E-state index in [0.29, 0.717) is 6.67 Å². The smallest absolute Gasteiger partial charge is 0.290 e. The summed E-state index contributed by atoms with van der Waals surface area (Å²) in [6.07, 6.45) is 11.2. The minimum absolute atomic E-state index is 0.324. The summed E-state index contributed by atoms with van der Waals surface area (Å²) in [6, 6.07) is 79.4. The highest BCUT2D eigenvalue weighted by Gasteiger charge is 2.27. The molecular weight excluding hydrogens is 2130 g/mol. The number of hydrogen-bond donors (Lipinski definition) is 3. The highest BCUT2D eigenvalue weighted by Crippen LogP contribution is 2.36. The van der Waals surface area contributed by atoms with Crippen LogP contribution in [-0.2, 0) is 77.0 Å². The Morgan fingerprint density at radius 1 is 0.343 bits per heavy atom. The molecule has 3 N–H and O–H groups in total. The van der Waals surface area contributed by atoms with Crippen molar-refractivity contribution in [3.8, 4) is 23.0 Å². The number of ether oxygens (including phenoxy) is 4. The van der Waals surface area contributed by atoms with Gasteiger partial charge in [0.2, 0.25) is 0 Å². The van der Waals surface area contributed by atoms with Gasteiger partial charge in [-0.25, -0.2) is 6.57 Å². The third kappa shape index (κ3) is 27.2. The molecule has 14 aromatic rings. The van der Waals surface area contributed by atoms with E-state index in [0.717, 1.165) is 275 Å². The van der Waals surface area contributed by atoms with E-state index in [1.54, 1.807) is 51.1 Å². The van der Waals surface area contributed by atoms with Gasteiger partial charge in [-0.2, -0.15) is 0 Å². The van der Waals surface area contributed by atoms with E-state index in [2.05, 4.69) is 289 Å². The Balaban J connectivity index is 0.000000127. The molecule has 0 spiro atoms.